The third-order valence-electron chi connectivity index (χ3n) is 4.96. The van der Waals surface area contributed by atoms with Crippen LogP contribution in [0.4, 0.5) is 0 Å². The van der Waals surface area contributed by atoms with Crippen LogP contribution < -0.4 is 5.32 Å². The molecule has 2 heterocycles. The monoisotopic (exact) mass is 290 g/mol. The first-order valence-electron chi connectivity index (χ1n) is 7.38. The Morgan fingerprint density at radius 2 is 1.71 bits per heavy atom. The molecule has 21 heavy (non-hydrogen) atoms. The zero-order valence-corrected chi connectivity index (χ0v) is 11.9. The fraction of sp³-hybridized carbons (Fsp3) is 0.600. The highest BCUT2D eigenvalue weighted by Crippen LogP contribution is 2.41. The molecular weight excluding hydrogens is 272 g/mol. The van der Waals surface area contributed by atoms with E-state index in [1.54, 1.807) is 6.92 Å². The van der Waals surface area contributed by atoms with E-state index in [0.29, 0.717) is 19.3 Å². The largest absolute Gasteiger partial charge is 0.294 e. The number of amides is 4. The first-order chi connectivity index (χ1) is 10.0. The van der Waals surface area contributed by atoms with E-state index in [1.807, 2.05) is 12.2 Å². The average molecular weight is 290 g/mol. The fourth-order valence-corrected chi connectivity index (χ4v) is 3.67. The molecule has 2 fully saturated rings. The lowest BCUT2D eigenvalue weighted by Gasteiger charge is -2.40. The second-order valence-electron chi connectivity index (χ2n) is 5.93. The molecule has 1 aliphatic carbocycles. The highest BCUT2D eigenvalue weighted by atomic mass is 16.2. The van der Waals surface area contributed by atoms with Crippen LogP contribution in [0.3, 0.4) is 0 Å². The van der Waals surface area contributed by atoms with Gasteiger partial charge >= 0.3 is 0 Å². The summed E-state index contributed by atoms with van der Waals surface area (Å²) in [6, 6.07) is 0. The predicted molar refractivity (Wildman–Crippen MR) is 72.6 cm³/mol. The summed E-state index contributed by atoms with van der Waals surface area (Å²) in [4.78, 5) is 50.2. The molecule has 0 radical (unpaired) electrons. The SMILES string of the molecule is CCC1(N2C(=O)[C@H]3CC=CC[C@H]3C2=O)CCC(=O)NC1=O. The van der Waals surface area contributed by atoms with Crippen LogP contribution in [-0.2, 0) is 19.2 Å². The summed E-state index contributed by atoms with van der Waals surface area (Å²) >= 11 is 0. The lowest BCUT2D eigenvalue weighted by Crippen LogP contribution is -2.64. The maximum Gasteiger partial charge on any atom is 0.253 e. The molecule has 0 aromatic heterocycles. The molecule has 1 unspecified atom stereocenters. The van der Waals surface area contributed by atoms with Gasteiger partial charge in [0.2, 0.25) is 17.7 Å². The van der Waals surface area contributed by atoms with Crippen LogP contribution in [0.5, 0.6) is 0 Å². The van der Waals surface area contributed by atoms with Crippen LogP contribution in [0.25, 0.3) is 0 Å². The van der Waals surface area contributed by atoms with E-state index in [4.69, 9.17) is 0 Å². The summed E-state index contributed by atoms with van der Waals surface area (Å²) < 4.78 is 0. The summed E-state index contributed by atoms with van der Waals surface area (Å²) in [7, 11) is 0. The average Bonchev–Trinajstić information content (AvgIpc) is 2.74. The van der Waals surface area contributed by atoms with Crippen LogP contribution in [0, 0.1) is 11.8 Å². The van der Waals surface area contributed by atoms with Gasteiger partial charge < -0.3 is 0 Å². The zero-order valence-electron chi connectivity index (χ0n) is 11.9. The first kappa shape index (κ1) is 14.0. The molecule has 2 saturated heterocycles. The summed E-state index contributed by atoms with van der Waals surface area (Å²) in [6.45, 7) is 1.77. The van der Waals surface area contributed by atoms with Crippen molar-refractivity contribution < 1.29 is 19.2 Å². The number of hydrogen-bond donors (Lipinski definition) is 1. The van der Waals surface area contributed by atoms with Crippen molar-refractivity contribution >= 4 is 23.6 Å². The van der Waals surface area contributed by atoms with Crippen molar-refractivity contribution in [1.29, 1.82) is 0 Å². The molecule has 6 nitrogen and oxygen atoms in total. The van der Waals surface area contributed by atoms with Gasteiger partial charge in [0.15, 0.2) is 0 Å². The van der Waals surface area contributed by atoms with Gasteiger partial charge in [-0.15, -0.1) is 0 Å². The Bertz CT molecular complexity index is 542. The number of nitrogens with one attached hydrogen (secondary N) is 1. The van der Waals surface area contributed by atoms with Crippen LogP contribution in [-0.4, -0.2) is 34.1 Å². The Morgan fingerprint density at radius 1 is 1.14 bits per heavy atom. The number of piperidine rings is 1. The molecule has 3 atom stereocenters. The smallest absolute Gasteiger partial charge is 0.253 e. The van der Waals surface area contributed by atoms with Gasteiger partial charge in [-0.1, -0.05) is 19.1 Å². The van der Waals surface area contributed by atoms with E-state index in [-0.39, 0.29) is 42.4 Å². The van der Waals surface area contributed by atoms with Crippen LogP contribution in [0.15, 0.2) is 12.2 Å². The highest BCUT2D eigenvalue weighted by molar-refractivity contribution is 6.12. The Kier molecular flexibility index (Phi) is 3.19. The minimum atomic E-state index is -1.20. The maximum atomic E-state index is 12.6. The van der Waals surface area contributed by atoms with E-state index in [0.717, 1.165) is 4.90 Å². The van der Waals surface area contributed by atoms with Crippen molar-refractivity contribution in [3.05, 3.63) is 12.2 Å². The fourth-order valence-electron chi connectivity index (χ4n) is 3.67. The second kappa shape index (κ2) is 4.79. The molecule has 1 N–H and O–H groups in total. The van der Waals surface area contributed by atoms with E-state index in [9.17, 15) is 19.2 Å². The Hall–Kier alpha value is -1.98. The van der Waals surface area contributed by atoms with Crippen molar-refractivity contribution in [1.82, 2.24) is 10.2 Å². The van der Waals surface area contributed by atoms with Gasteiger partial charge in [0.05, 0.1) is 11.8 Å². The van der Waals surface area contributed by atoms with Gasteiger partial charge in [0.25, 0.3) is 5.91 Å². The van der Waals surface area contributed by atoms with Crippen LogP contribution in [0.1, 0.15) is 39.0 Å². The summed E-state index contributed by atoms with van der Waals surface area (Å²) in [5, 5.41) is 2.28. The van der Waals surface area contributed by atoms with Crippen molar-refractivity contribution in [2.45, 2.75) is 44.6 Å². The van der Waals surface area contributed by atoms with E-state index in [1.165, 1.54) is 0 Å². The Labute approximate surface area is 122 Å². The van der Waals surface area contributed by atoms with Crippen LogP contribution in [0.2, 0.25) is 0 Å². The highest BCUT2D eigenvalue weighted by Gasteiger charge is 2.58. The summed E-state index contributed by atoms with van der Waals surface area (Å²) in [5.41, 5.74) is -1.20. The lowest BCUT2D eigenvalue weighted by atomic mass is 9.84. The normalized spacial score (nSPS) is 36.0. The number of imide groups is 2. The number of rotatable bonds is 2. The summed E-state index contributed by atoms with van der Waals surface area (Å²) in [6.07, 6.45) is 5.63. The van der Waals surface area contributed by atoms with Crippen LogP contribution >= 0.6 is 0 Å². The second-order valence-corrected chi connectivity index (χ2v) is 5.93. The quantitative estimate of drug-likeness (QED) is 0.594. The number of carbonyl (C=O) groups excluding carboxylic acids is 4. The molecule has 0 saturated carbocycles. The van der Waals surface area contributed by atoms with Gasteiger partial charge in [0.1, 0.15) is 5.54 Å². The molecule has 0 aromatic carbocycles. The molecular formula is C15H18N2O4. The topological polar surface area (TPSA) is 83.6 Å². The number of nitrogens with zero attached hydrogens (tertiary/aromatic N) is 1. The van der Waals surface area contributed by atoms with Crippen molar-refractivity contribution in [2.24, 2.45) is 11.8 Å². The number of likely N-dealkylation sites (tertiary alicyclic amines) is 1. The molecule has 0 spiro atoms. The number of hydrogen-bond acceptors (Lipinski definition) is 4. The molecule has 3 aliphatic rings. The third kappa shape index (κ3) is 1.85. The minimum Gasteiger partial charge on any atom is -0.294 e. The number of fused-ring (bicyclic) bond motifs is 1. The number of allylic oxidation sites excluding steroid dienone is 2. The van der Waals surface area contributed by atoms with E-state index >= 15 is 0 Å². The van der Waals surface area contributed by atoms with E-state index in [2.05, 4.69) is 5.32 Å². The summed E-state index contributed by atoms with van der Waals surface area (Å²) in [5.74, 6) is -2.09. The molecule has 6 heteroatoms. The molecule has 3 rings (SSSR count). The molecule has 4 amide bonds. The van der Waals surface area contributed by atoms with E-state index < -0.39 is 11.4 Å². The maximum absolute atomic E-state index is 12.6. The predicted octanol–water partition coefficient (Wildman–Crippen LogP) is 0.523. The van der Waals surface area contributed by atoms with Gasteiger partial charge in [0, 0.05) is 6.42 Å². The third-order valence-corrected chi connectivity index (χ3v) is 4.96. The Balaban J connectivity index is 1.98. The lowest BCUT2D eigenvalue weighted by molar-refractivity contribution is -0.159. The minimum absolute atomic E-state index is 0.157. The van der Waals surface area contributed by atoms with Crippen molar-refractivity contribution in [2.75, 3.05) is 0 Å². The first-order valence-corrected chi connectivity index (χ1v) is 7.38. The van der Waals surface area contributed by atoms with Crippen molar-refractivity contribution in [3.63, 3.8) is 0 Å². The number of carbonyl (C=O) groups is 4. The molecule has 0 aromatic rings. The van der Waals surface area contributed by atoms with Gasteiger partial charge in [-0.25, -0.2) is 0 Å². The molecule has 0 bridgehead atoms. The zero-order chi connectivity index (χ0) is 15.2. The van der Waals surface area contributed by atoms with Gasteiger partial charge in [-0.3, -0.25) is 29.4 Å². The van der Waals surface area contributed by atoms with Crippen molar-refractivity contribution in [3.8, 4) is 0 Å². The van der Waals surface area contributed by atoms with Gasteiger partial charge in [-0.2, -0.15) is 0 Å². The standard InChI is InChI=1S/C15H18N2O4/c1-2-15(8-7-11(18)16-14(15)21)17-12(19)9-5-3-4-6-10(9)13(17)20/h3-4,9-10H,2,5-8H2,1H3,(H,16,18,21)/t9-,10+,15?. The molecule has 2 aliphatic heterocycles. The Morgan fingerprint density at radius 3 is 2.19 bits per heavy atom. The van der Waals surface area contributed by atoms with Gasteiger partial charge in [-0.05, 0) is 25.7 Å². The molecule has 112 valence electrons.